The third-order valence-corrected chi connectivity index (χ3v) is 8.37. The smallest absolute Gasteiger partial charge is 0.417 e. The summed E-state index contributed by atoms with van der Waals surface area (Å²) >= 11 is 6.10. The lowest BCUT2D eigenvalue weighted by atomic mass is 9.99. The minimum Gasteiger partial charge on any atom is -0.417 e. The standard InChI is InChI=1S/C32H30ClF3N6O4/c33-23-8-4-7-21(17-23)22-11-12-42(19-22)31-39-28(32(34,35)36)27(46-31)29(44)38-24-9-10-25(37-18-24)40-13-15-41(16-14-40)30(45)26(43)20-5-2-1-3-6-20/h1-10,17-18,22,26,43H,11-16,19H2,(H,38,44). The van der Waals surface area contributed by atoms with Crippen LogP contribution in [0.2, 0.25) is 5.02 Å². The van der Waals surface area contributed by atoms with E-state index in [9.17, 15) is 27.9 Å². The van der Waals surface area contributed by atoms with Crippen molar-refractivity contribution in [3.8, 4) is 0 Å². The second-order valence-electron chi connectivity index (χ2n) is 11.1. The van der Waals surface area contributed by atoms with Crippen LogP contribution in [-0.2, 0) is 11.0 Å². The van der Waals surface area contributed by atoms with Crippen LogP contribution in [0, 0.1) is 0 Å². The molecule has 2 aliphatic rings. The highest BCUT2D eigenvalue weighted by atomic mass is 35.5. The largest absolute Gasteiger partial charge is 0.437 e. The number of aliphatic hydroxyl groups is 1. The van der Waals surface area contributed by atoms with E-state index < -0.39 is 29.6 Å². The molecule has 4 aromatic rings. The van der Waals surface area contributed by atoms with E-state index in [0.717, 1.165) is 5.56 Å². The summed E-state index contributed by atoms with van der Waals surface area (Å²) in [5.41, 5.74) is 0.253. The molecule has 10 nitrogen and oxygen atoms in total. The van der Waals surface area contributed by atoms with E-state index in [1.165, 1.54) is 12.3 Å². The van der Waals surface area contributed by atoms with E-state index in [1.54, 1.807) is 52.3 Å². The Morgan fingerprint density at radius 3 is 2.41 bits per heavy atom. The summed E-state index contributed by atoms with van der Waals surface area (Å²) in [4.78, 5) is 38.9. The van der Waals surface area contributed by atoms with Gasteiger partial charge in [0.15, 0.2) is 11.8 Å². The zero-order chi connectivity index (χ0) is 32.4. The lowest BCUT2D eigenvalue weighted by Gasteiger charge is -2.36. The fourth-order valence-corrected chi connectivity index (χ4v) is 5.90. The first-order valence-electron chi connectivity index (χ1n) is 14.7. The number of nitrogens with zero attached hydrogens (tertiary/aromatic N) is 5. The number of aromatic nitrogens is 2. The first kappa shape index (κ1) is 31.4. The quantitative estimate of drug-likeness (QED) is 0.273. The Morgan fingerprint density at radius 1 is 0.978 bits per heavy atom. The van der Waals surface area contributed by atoms with Crippen LogP contribution in [0.3, 0.4) is 0 Å². The van der Waals surface area contributed by atoms with Gasteiger partial charge in [-0.15, -0.1) is 0 Å². The van der Waals surface area contributed by atoms with E-state index in [0.29, 0.717) is 62.1 Å². The Labute approximate surface area is 267 Å². The molecule has 2 atom stereocenters. The zero-order valence-corrected chi connectivity index (χ0v) is 25.2. The normalized spacial score (nSPS) is 17.7. The highest BCUT2D eigenvalue weighted by Gasteiger charge is 2.42. The average Bonchev–Trinajstić information content (AvgIpc) is 3.74. The van der Waals surface area contributed by atoms with Crippen molar-refractivity contribution in [3.63, 3.8) is 0 Å². The van der Waals surface area contributed by atoms with Gasteiger partial charge in [0.05, 0.1) is 11.9 Å². The number of amides is 2. The number of alkyl halides is 3. The summed E-state index contributed by atoms with van der Waals surface area (Å²) in [5.74, 6) is -1.83. The van der Waals surface area contributed by atoms with Gasteiger partial charge in [0, 0.05) is 50.2 Å². The van der Waals surface area contributed by atoms with Crippen molar-refractivity contribution in [2.45, 2.75) is 24.6 Å². The molecule has 0 radical (unpaired) electrons. The summed E-state index contributed by atoms with van der Waals surface area (Å²) in [7, 11) is 0. The molecule has 2 N–H and O–H groups in total. The van der Waals surface area contributed by atoms with Crippen LogP contribution in [0.1, 0.15) is 45.8 Å². The molecule has 14 heteroatoms. The summed E-state index contributed by atoms with van der Waals surface area (Å²) in [6.07, 6.45) is -4.16. The summed E-state index contributed by atoms with van der Waals surface area (Å²) in [6, 6.07) is 18.9. The highest BCUT2D eigenvalue weighted by molar-refractivity contribution is 6.30. The number of halogens is 4. The average molecular weight is 655 g/mol. The van der Waals surface area contributed by atoms with Gasteiger partial charge in [-0.2, -0.15) is 18.2 Å². The van der Waals surface area contributed by atoms with Gasteiger partial charge in [-0.1, -0.05) is 54.1 Å². The molecular formula is C32H30ClF3N6O4. The molecule has 2 unspecified atom stereocenters. The number of oxazole rings is 1. The molecule has 2 aromatic heterocycles. The number of carbonyl (C=O) groups excluding carboxylic acids is 2. The van der Waals surface area contributed by atoms with E-state index >= 15 is 0 Å². The van der Waals surface area contributed by atoms with Crippen molar-refractivity contribution in [1.82, 2.24) is 14.9 Å². The molecule has 240 valence electrons. The molecule has 4 heterocycles. The molecule has 2 aliphatic heterocycles. The van der Waals surface area contributed by atoms with Gasteiger partial charge in [0.2, 0.25) is 5.76 Å². The van der Waals surface area contributed by atoms with Crippen molar-refractivity contribution >= 4 is 40.9 Å². The number of nitrogens with one attached hydrogen (secondary N) is 1. The Balaban J connectivity index is 1.08. The molecule has 0 bridgehead atoms. The maximum absolute atomic E-state index is 13.9. The van der Waals surface area contributed by atoms with Crippen molar-refractivity contribution in [3.05, 3.63) is 101 Å². The summed E-state index contributed by atoms with van der Waals surface area (Å²) < 4.78 is 47.2. The number of piperazine rings is 1. The molecule has 46 heavy (non-hydrogen) atoms. The van der Waals surface area contributed by atoms with E-state index in [1.807, 2.05) is 23.1 Å². The van der Waals surface area contributed by atoms with Crippen molar-refractivity contribution in [1.29, 1.82) is 0 Å². The molecule has 0 spiro atoms. The molecular weight excluding hydrogens is 625 g/mol. The fraction of sp³-hybridized carbons (Fsp3) is 0.312. The molecule has 6 rings (SSSR count). The Hall–Kier alpha value is -4.62. The second kappa shape index (κ2) is 13.0. The number of hydrogen-bond acceptors (Lipinski definition) is 8. The number of carbonyl (C=O) groups is 2. The Kier molecular flexibility index (Phi) is 8.87. The van der Waals surface area contributed by atoms with Crippen molar-refractivity contribution in [2.24, 2.45) is 0 Å². The maximum atomic E-state index is 13.9. The maximum Gasteiger partial charge on any atom is 0.437 e. The second-order valence-corrected chi connectivity index (χ2v) is 11.6. The molecule has 0 saturated carbocycles. The van der Waals surface area contributed by atoms with Crippen LogP contribution in [-0.4, -0.2) is 71.1 Å². The number of rotatable bonds is 7. The molecule has 2 amide bonds. The van der Waals surface area contributed by atoms with Gasteiger partial charge in [-0.25, -0.2) is 4.98 Å². The fourth-order valence-electron chi connectivity index (χ4n) is 5.70. The topological polar surface area (TPSA) is 115 Å². The van der Waals surface area contributed by atoms with Crippen molar-refractivity contribution < 1.29 is 32.3 Å². The molecule has 2 saturated heterocycles. The third-order valence-electron chi connectivity index (χ3n) is 8.14. The Bertz CT molecular complexity index is 1690. The number of pyridine rings is 1. The first-order valence-corrected chi connectivity index (χ1v) is 15.1. The zero-order valence-electron chi connectivity index (χ0n) is 24.5. The van der Waals surface area contributed by atoms with Gasteiger partial charge in [0.25, 0.3) is 17.8 Å². The van der Waals surface area contributed by atoms with Crippen LogP contribution in [0.5, 0.6) is 0 Å². The predicted molar refractivity (Wildman–Crippen MR) is 165 cm³/mol. The van der Waals surface area contributed by atoms with Gasteiger partial charge in [0.1, 0.15) is 5.82 Å². The SMILES string of the molecule is O=C(Nc1ccc(N2CCN(C(=O)C(O)c3ccccc3)CC2)nc1)c1oc(N2CCC(c3cccc(Cl)c3)C2)nc1C(F)(F)F. The van der Waals surface area contributed by atoms with Crippen molar-refractivity contribution in [2.75, 3.05) is 54.4 Å². The van der Waals surface area contributed by atoms with Crippen LogP contribution < -0.4 is 15.1 Å². The van der Waals surface area contributed by atoms with Crippen LogP contribution in [0.25, 0.3) is 0 Å². The van der Waals surface area contributed by atoms with Crippen LogP contribution in [0.4, 0.5) is 30.7 Å². The number of hydrogen-bond donors (Lipinski definition) is 2. The lowest BCUT2D eigenvalue weighted by molar-refractivity contribution is -0.142. The van der Waals surface area contributed by atoms with Gasteiger partial charge >= 0.3 is 6.18 Å². The molecule has 2 fully saturated rings. The number of benzene rings is 2. The third kappa shape index (κ3) is 6.80. The number of anilines is 3. The van der Waals surface area contributed by atoms with Gasteiger partial charge in [-0.3, -0.25) is 9.59 Å². The lowest BCUT2D eigenvalue weighted by Crippen LogP contribution is -2.50. The highest BCUT2D eigenvalue weighted by Crippen LogP contribution is 2.37. The van der Waals surface area contributed by atoms with Crippen LogP contribution in [0.15, 0.2) is 77.3 Å². The number of aliphatic hydroxyl groups excluding tert-OH is 1. The van der Waals surface area contributed by atoms with E-state index in [4.69, 9.17) is 16.0 Å². The van der Waals surface area contributed by atoms with Gasteiger partial charge in [-0.05, 0) is 41.8 Å². The minimum absolute atomic E-state index is 0.0196. The summed E-state index contributed by atoms with van der Waals surface area (Å²) in [6.45, 7) is 2.41. The monoisotopic (exact) mass is 654 g/mol. The van der Waals surface area contributed by atoms with E-state index in [2.05, 4.69) is 15.3 Å². The molecule has 2 aromatic carbocycles. The van der Waals surface area contributed by atoms with Crippen LogP contribution >= 0.6 is 11.6 Å². The molecule has 0 aliphatic carbocycles. The Morgan fingerprint density at radius 2 is 1.74 bits per heavy atom. The predicted octanol–water partition coefficient (Wildman–Crippen LogP) is 5.37. The summed E-state index contributed by atoms with van der Waals surface area (Å²) in [5, 5.41) is 13.5. The minimum atomic E-state index is -4.91. The van der Waals surface area contributed by atoms with E-state index in [-0.39, 0.29) is 23.5 Å². The van der Waals surface area contributed by atoms with Gasteiger partial charge < -0.3 is 29.5 Å². The first-order chi connectivity index (χ1) is 22.1.